The third-order valence-corrected chi connectivity index (χ3v) is 3.03. The number of likely N-dealkylation sites (N-methyl/N-ethyl adjacent to an activating group) is 2. The second kappa shape index (κ2) is 8.91. The molecule has 1 atom stereocenters. The second-order valence-corrected chi connectivity index (χ2v) is 4.74. The van der Waals surface area contributed by atoms with Crippen LogP contribution in [0.3, 0.4) is 0 Å². The Morgan fingerprint density at radius 2 is 1.89 bits per heavy atom. The van der Waals surface area contributed by atoms with Crippen LogP contribution in [0.25, 0.3) is 0 Å². The number of aliphatic carboxylic acids is 1. The van der Waals surface area contributed by atoms with E-state index >= 15 is 0 Å². The predicted molar refractivity (Wildman–Crippen MR) is 71.5 cm³/mol. The molecule has 0 aliphatic heterocycles. The molecule has 0 fully saturated rings. The number of carboxylic acids is 1. The van der Waals surface area contributed by atoms with Gasteiger partial charge >= 0.3 is 5.97 Å². The van der Waals surface area contributed by atoms with E-state index in [1.807, 2.05) is 11.8 Å². The summed E-state index contributed by atoms with van der Waals surface area (Å²) in [4.78, 5) is 26.3. The molecule has 0 rings (SSSR count). The average Bonchev–Trinajstić information content (AvgIpc) is 2.34. The predicted octanol–water partition coefficient (Wildman–Crippen LogP) is 1.29. The van der Waals surface area contributed by atoms with E-state index in [2.05, 4.69) is 6.92 Å². The highest BCUT2D eigenvalue weighted by Gasteiger charge is 2.18. The summed E-state index contributed by atoms with van der Waals surface area (Å²) in [6, 6.07) is 0. The lowest BCUT2D eigenvalue weighted by molar-refractivity contribution is -0.142. The van der Waals surface area contributed by atoms with E-state index < -0.39 is 11.9 Å². The molecule has 0 saturated carbocycles. The number of carbonyl (C=O) groups excluding carboxylic acids is 1. The Labute approximate surface area is 110 Å². The molecule has 5 heteroatoms. The van der Waals surface area contributed by atoms with Crippen molar-refractivity contribution in [2.45, 2.75) is 33.6 Å². The number of amides is 1. The van der Waals surface area contributed by atoms with Gasteiger partial charge in [-0.05, 0) is 13.0 Å². The van der Waals surface area contributed by atoms with E-state index in [1.165, 1.54) is 0 Å². The molecule has 0 saturated heterocycles. The van der Waals surface area contributed by atoms with Gasteiger partial charge in [-0.1, -0.05) is 27.2 Å². The first-order valence-corrected chi connectivity index (χ1v) is 6.61. The number of carbonyl (C=O) groups is 2. The molecule has 5 nitrogen and oxygen atoms in total. The molecular formula is C13H26N2O3. The van der Waals surface area contributed by atoms with E-state index in [0.29, 0.717) is 19.6 Å². The maximum absolute atomic E-state index is 11.9. The monoisotopic (exact) mass is 258 g/mol. The first-order valence-electron chi connectivity index (χ1n) is 6.61. The van der Waals surface area contributed by atoms with Crippen molar-refractivity contribution in [3.05, 3.63) is 0 Å². The second-order valence-electron chi connectivity index (χ2n) is 4.74. The molecule has 106 valence electrons. The van der Waals surface area contributed by atoms with E-state index in [1.54, 1.807) is 18.9 Å². The largest absolute Gasteiger partial charge is 0.481 e. The van der Waals surface area contributed by atoms with Crippen LogP contribution < -0.4 is 0 Å². The van der Waals surface area contributed by atoms with Crippen LogP contribution in [0.2, 0.25) is 0 Å². The topological polar surface area (TPSA) is 60.9 Å². The minimum atomic E-state index is -0.819. The van der Waals surface area contributed by atoms with Crippen molar-refractivity contribution in [3.63, 3.8) is 0 Å². The fourth-order valence-corrected chi connectivity index (χ4v) is 1.60. The van der Waals surface area contributed by atoms with Gasteiger partial charge in [0.2, 0.25) is 5.91 Å². The van der Waals surface area contributed by atoms with Crippen molar-refractivity contribution in [1.82, 2.24) is 9.80 Å². The quantitative estimate of drug-likeness (QED) is 0.677. The highest BCUT2D eigenvalue weighted by molar-refractivity contribution is 5.78. The molecule has 0 heterocycles. The summed E-state index contributed by atoms with van der Waals surface area (Å²) >= 11 is 0. The van der Waals surface area contributed by atoms with Crippen molar-refractivity contribution >= 4 is 11.9 Å². The van der Waals surface area contributed by atoms with Crippen LogP contribution >= 0.6 is 0 Å². The minimum Gasteiger partial charge on any atom is -0.481 e. The number of rotatable bonds is 9. The van der Waals surface area contributed by atoms with Gasteiger partial charge < -0.3 is 10.0 Å². The lowest BCUT2D eigenvalue weighted by atomic mass is 10.1. The van der Waals surface area contributed by atoms with E-state index in [4.69, 9.17) is 5.11 Å². The van der Waals surface area contributed by atoms with Gasteiger partial charge in [0, 0.05) is 20.1 Å². The Balaban J connectivity index is 4.18. The summed E-state index contributed by atoms with van der Waals surface area (Å²) < 4.78 is 0. The van der Waals surface area contributed by atoms with Crippen LogP contribution in [0.15, 0.2) is 0 Å². The third kappa shape index (κ3) is 6.59. The molecule has 0 aromatic rings. The van der Waals surface area contributed by atoms with Crippen LogP contribution in [0.5, 0.6) is 0 Å². The summed E-state index contributed by atoms with van der Waals surface area (Å²) in [5.74, 6) is -1.21. The highest BCUT2D eigenvalue weighted by atomic mass is 16.4. The fraction of sp³-hybridized carbons (Fsp3) is 0.846. The minimum absolute atomic E-state index is 0.0582. The zero-order valence-corrected chi connectivity index (χ0v) is 12.0. The Bertz CT molecular complexity index is 269. The first kappa shape index (κ1) is 16.9. The lowest BCUT2D eigenvalue weighted by Crippen LogP contribution is -2.41. The summed E-state index contributed by atoms with van der Waals surface area (Å²) in [5.41, 5.74) is 0. The van der Waals surface area contributed by atoms with Crippen LogP contribution in [0.4, 0.5) is 0 Å². The number of hydrogen-bond donors (Lipinski definition) is 1. The lowest BCUT2D eigenvalue weighted by Gasteiger charge is -2.25. The standard InChI is InChI=1S/C13H26N2O3/c1-5-7-8-14(4)12(16)10-15(6-2)9-11(3)13(17)18/h11H,5-10H2,1-4H3,(H,17,18). The molecule has 0 aromatic heterocycles. The van der Waals surface area contributed by atoms with Crippen molar-refractivity contribution in [1.29, 1.82) is 0 Å². The summed E-state index contributed by atoms with van der Waals surface area (Å²) in [7, 11) is 1.80. The smallest absolute Gasteiger partial charge is 0.307 e. The van der Waals surface area contributed by atoms with Gasteiger partial charge in [-0.15, -0.1) is 0 Å². The third-order valence-electron chi connectivity index (χ3n) is 3.03. The Morgan fingerprint density at radius 3 is 2.33 bits per heavy atom. The van der Waals surface area contributed by atoms with Crippen molar-refractivity contribution < 1.29 is 14.7 Å². The van der Waals surface area contributed by atoms with Gasteiger partial charge in [0.05, 0.1) is 12.5 Å². The number of unbranched alkanes of at least 4 members (excludes halogenated alkanes) is 1. The maximum atomic E-state index is 11.9. The van der Waals surface area contributed by atoms with Gasteiger partial charge in [-0.2, -0.15) is 0 Å². The van der Waals surface area contributed by atoms with Crippen molar-refractivity contribution in [3.8, 4) is 0 Å². The Hall–Kier alpha value is -1.10. The molecule has 0 spiro atoms. The van der Waals surface area contributed by atoms with Crippen LogP contribution in [-0.2, 0) is 9.59 Å². The molecular weight excluding hydrogens is 232 g/mol. The Morgan fingerprint density at radius 1 is 1.28 bits per heavy atom. The number of carboxylic acid groups (broad SMARTS) is 1. The SMILES string of the molecule is CCCCN(C)C(=O)CN(CC)CC(C)C(=O)O. The molecule has 1 unspecified atom stereocenters. The molecule has 1 amide bonds. The molecule has 0 bridgehead atoms. The highest BCUT2D eigenvalue weighted by Crippen LogP contribution is 2.02. The Kier molecular flexibility index (Phi) is 8.37. The number of nitrogens with zero attached hydrogens (tertiary/aromatic N) is 2. The van der Waals surface area contributed by atoms with Crippen molar-refractivity contribution in [2.75, 3.05) is 33.2 Å². The zero-order valence-electron chi connectivity index (χ0n) is 12.0. The molecule has 0 aliphatic carbocycles. The molecule has 0 aliphatic rings. The van der Waals surface area contributed by atoms with Gasteiger partial charge in [0.15, 0.2) is 0 Å². The van der Waals surface area contributed by atoms with E-state index in [0.717, 1.165) is 19.4 Å². The first-order chi connectivity index (χ1) is 8.42. The summed E-state index contributed by atoms with van der Waals surface area (Å²) in [6.07, 6.45) is 2.06. The summed E-state index contributed by atoms with van der Waals surface area (Å²) in [6.45, 7) is 7.86. The van der Waals surface area contributed by atoms with Crippen molar-refractivity contribution in [2.24, 2.45) is 5.92 Å². The van der Waals surface area contributed by atoms with Crippen LogP contribution in [-0.4, -0.2) is 60.0 Å². The average molecular weight is 258 g/mol. The molecule has 18 heavy (non-hydrogen) atoms. The maximum Gasteiger partial charge on any atom is 0.307 e. The van der Waals surface area contributed by atoms with Crippen LogP contribution in [0.1, 0.15) is 33.6 Å². The zero-order chi connectivity index (χ0) is 14.1. The molecule has 0 aromatic carbocycles. The summed E-state index contributed by atoms with van der Waals surface area (Å²) in [5, 5.41) is 8.86. The van der Waals surface area contributed by atoms with Gasteiger partial charge in [0.25, 0.3) is 0 Å². The van der Waals surface area contributed by atoms with Gasteiger partial charge in [-0.25, -0.2) is 0 Å². The number of hydrogen-bond acceptors (Lipinski definition) is 3. The van der Waals surface area contributed by atoms with Crippen LogP contribution in [0, 0.1) is 5.92 Å². The van der Waals surface area contributed by atoms with E-state index in [-0.39, 0.29) is 5.91 Å². The van der Waals surface area contributed by atoms with Gasteiger partial charge in [0.1, 0.15) is 0 Å². The van der Waals surface area contributed by atoms with Gasteiger partial charge in [-0.3, -0.25) is 14.5 Å². The fourth-order valence-electron chi connectivity index (χ4n) is 1.60. The van der Waals surface area contributed by atoms with E-state index in [9.17, 15) is 9.59 Å². The molecule has 0 radical (unpaired) electrons. The normalized spacial score (nSPS) is 12.5. The molecule has 1 N–H and O–H groups in total.